The summed E-state index contributed by atoms with van der Waals surface area (Å²) in [5.41, 5.74) is 1.23. The van der Waals surface area contributed by atoms with Crippen LogP contribution in [0.4, 0.5) is 0 Å². The summed E-state index contributed by atoms with van der Waals surface area (Å²) in [5, 5.41) is 10.2. The Hall–Kier alpha value is -1.77. The molecule has 2 N–H and O–H groups in total. The lowest BCUT2D eigenvalue weighted by Gasteiger charge is -2.05. The van der Waals surface area contributed by atoms with Crippen molar-refractivity contribution in [2.75, 3.05) is 0 Å². The molecule has 2 aromatic rings. The molecule has 0 aliphatic heterocycles. The van der Waals surface area contributed by atoms with Crippen molar-refractivity contribution in [3.05, 3.63) is 36.0 Å². The van der Waals surface area contributed by atoms with Gasteiger partial charge in [-0.3, -0.25) is 4.79 Å². The summed E-state index contributed by atoms with van der Waals surface area (Å²) in [6.07, 6.45) is 1.49. The fourth-order valence-corrected chi connectivity index (χ4v) is 2.05. The summed E-state index contributed by atoms with van der Waals surface area (Å²) in [6, 6.07) is 9.82. The molecule has 1 aliphatic carbocycles. The summed E-state index contributed by atoms with van der Waals surface area (Å²) >= 11 is 0. The fourth-order valence-electron chi connectivity index (χ4n) is 2.05. The van der Waals surface area contributed by atoms with Gasteiger partial charge in [-0.15, -0.1) is 0 Å². The number of benzene rings is 1. The lowest BCUT2D eigenvalue weighted by Crippen LogP contribution is -2.19. The highest BCUT2D eigenvalue weighted by molar-refractivity contribution is 5.88. The number of para-hydroxylation sites is 1. The number of H-pyrrole nitrogens is 1. The standard InChI is InChI=1S/C12H11NO2/c14-11(15)12(5-6-12)10-7-8-3-1-2-4-9(8)13-10/h1-4,7,13H,5-6H2,(H,14,15). The summed E-state index contributed by atoms with van der Waals surface area (Å²) in [6.45, 7) is 0. The van der Waals surface area contributed by atoms with Crippen molar-refractivity contribution in [1.82, 2.24) is 4.98 Å². The van der Waals surface area contributed by atoms with Crippen molar-refractivity contribution in [2.24, 2.45) is 0 Å². The third kappa shape index (κ3) is 1.09. The molecule has 15 heavy (non-hydrogen) atoms. The molecule has 3 heteroatoms. The Bertz CT molecular complexity index is 504. The van der Waals surface area contributed by atoms with Crippen LogP contribution in [0.25, 0.3) is 10.9 Å². The first kappa shape index (κ1) is 8.53. The van der Waals surface area contributed by atoms with E-state index in [9.17, 15) is 4.79 Å². The summed E-state index contributed by atoms with van der Waals surface area (Å²) in [7, 11) is 0. The summed E-state index contributed by atoms with van der Waals surface area (Å²) in [4.78, 5) is 14.3. The molecule has 1 aromatic carbocycles. The Morgan fingerprint density at radius 3 is 2.67 bits per heavy atom. The number of carboxylic acids is 1. The maximum Gasteiger partial charge on any atom is 0.315 e. The molecule has 1 heterocycles. The number of hydrogen-bond donors (Lipinski definition) is 2. The molecule has 1 aromatic heterocycles. The highest BCUT2D eigenvalue weighted by Gasteiger charge is 2.52. The van der Waals surface area contributed by atoms with Gasteiger partial charge >= 0.3 is 5.97 Å². The van der Waals surface area contributed by atoms with Crippen LogP contribution in [0.3, 0.4) is 0 Å². The fraction of sp³-hybridized carbons (Fsp3) is 0.250. The van der Waals surface area contributed by atoms with Crippen LogP contribution in [0.15, 0.2) is 30.3 Å². The number of carbonyl (C=O) groups is 1. The Morgan fingerprint density at radius 2 is 2.07 bits per heavy atom. The highest BCUT2D eigenvalue weighted by atomic mass is 16.4. The van der Waals surface area contributed by atoms with Crippen LogP contribution < -0.4 is 0 Å². The number of rotatable bonds is 2. The number of nitrogens with one attached hydrogen (secondary N) is 1. The molecular weight excluding hydrogens is 190 g/mol. The zero-order valence-corrected chi connectivity index (χ0v) is 8.16. The van der Waals surface area contributed by atoms with E-state index in [1.165, 1.54) is 0 Å². The van der Waals surface area contributed by atoms with Gasteiger partial charge in [0, 0.05) is 11.2 Å². The average Bonchev–Trinajstić information content (AvgIpc) is 2.93. The molecule has 0 atom stereocenters. The van der Waals surface area contributed by atoms with Gasteiger partial charge in [0.1, 0.15) is 5.41 Å². The molecule has 0 radical (unpaired) electrons. The van der Waals surface area contributed by atoms with Crippen molar-refractivity contribution in [1.29, 1.82) is 0 Å². The first-order chi connectivity index (χ1) is 7.22. The van der Waals surface area contributed by atoms with E-state index in [2.05, 4.69) is 4.98 Å². The molecule has 1 saturated carbocycles. The van der Waals surface area contributed by atoms with Crippen molar-refractivity contribution in [3.8, 4) is 0 Å². The minimum atomic E-state index is -0.714. The van der Waals surface area contributed by atoms with E-state index in [0.717, 1.165) is 29.4 Å². The van der Waals surface area contributed by atoms with Crippen molar-refractivity contribution in [3.63, 3.8) is 0 Å². The molecule has 3 rings (SSSR count). The first-order valence-electron chi connectivity index (χ1n) is 5.04. The molecular formula is C12H11NO2. The molecule has 0 spiro atoms. The number of aromatic nitrogens is 1. The molecule has 1 fully saturated rings. The minimum absolute atomic E-state index is 0.626. The molecule has 0 amide bonds. The predicted octanol–water partition coefficient (Wildman–Crippen LogP) is 2.28. The maximum absolute atomic E-state index is 11.1. The Kier molecular flexibility index (Phi) is 1.49. The monoisotopic (exact) mass is 201 g/mol. The van der Waals surface area contributed by atoms with Crippen LogP contribution in [0.5, 0.6) is 0 Å². The zero-order chi connectivity index (χ0) is 10.5. The maximum atomic E-state index is 11.1. The number of aromatic amines is 1. The van der Waals surface area contributed by atoms with E-state index >= 15 is 0 Å². The number of aliphatic carboxylic acids is 1. The zero-order valence-electron chi connectivity index (χ0n) is 8.16. The van der Waals surface area contributed by atoms with Crippen molar-refractivity contribution in [2.45, 2.75) is 18.3 Å². The van der Waals surface area contributed by atoms with Crippen LogP contribution in [0.1, 0.15) is 18.5 Å². The second-order valence-electron chi connectivity index (χ2n) is 4.16. The normalized spacial score (nSPS) is 17.9. The van der Waals surface area contributed by atoms with Gasteiger partial charge in [0.2, 0.25) is 0 Å². The second kappa shape index (κ2) is 2.63. The SMILES string of the molecule is O=C(O)C1(c2cc3ccccc3[nH]2)CC1. The Balaban J connectivity index is 2.17. The first-order valence-corrected chi connectivity index (χ1v) is 5.04. The van der Waals surface area contributed by atoms with Gasteiger partial charge in [-0.1, -0.05) is 18.2 Å². The van der Waals surface area contributed by atoms with E-state index < -0.39 is 11.4 Å². The minimum Gasteiger partial charge on any atom is -0.481 e. The van der Waals surface area contributed by atoms with Gasteiger partial charge in [0.25, 0.3) is 0 Å². The molecule has 0 saturated heterocycles. The lowest BCUT2D eigenvalue weighted by atomic mass is 10.0. The third-order valence-electron chi connectivity index (χ3n) is 3.20. The van der Waals surface area contributed by atoms with E-state index in [1.807, 2.05) is 30.3 Å². The van der Waals surface area contributed by atoms with Gasteiger partial charge in [-0.05, 0) is 30.4 Å². The predicted molar refractivity (Wildman–Crippen MR) is 56.8 cm³/mol. The van der Waals surface area contributed by atoms with Crippen LogP contribution in [-0.2, 0) is 10.2 Å². The topological polar surface area (TPSA) is 53.1 Å². The van der Waals surface area contributed by atoms with E-state index in [0.29, 0.717) is 0 Å². The number of carboxylic acid groups (broad SMARTS) is 1. The molecule has 0 unspecified atom stereocenters. The molecule has 3 nitrogen and oxygen atoms in total. The molecule has 76 valence electrons. The van der Waals surface area contributed by atoms with Crippen LogP contribution >= 0.6 is 0 Å². The van der Waals surface area contributed by atoms with Gasteiger partial charge in [-0.25, -0.2) is 0 Å². The van der Waals surface area contributed by atoms with Gasteiger partial charge < -0.3 is 10.1 Å². The van der Waals surface area contributed by atoms with Gasteiger partial charge in [0.15, 0.2) is 0 Å². The Morgan fingerprint density at radius 1 is 1.33 bits per heavy atom. The highest BCUT2D eigenvalue weighted by Crippen LogP contribution is 2.48. The quantitative estimate of drug-likeness (QED) is 0.783. The van der Waals surface area contributed by atoms with Gasteiger partial charge in [-0.2, -0.15) is 0 Å². The average molecular weight is 201 g/mol. The van der Waals surface area contributed by atoms with E-state index in [1.54, 1.807) is 0 Å². The number of hydrogen-bond acceptors (Lipinski definition) is 1. The molecule has 0 bridgehead atoms. The van der Waals surface area contributed by atoms with Crippen LogP contribution in [0, 0.1) is 0 Å². The van der Waals surface area contributed by atoms with Gasteiger partial charge in [0.05, 0.1) is 0 Å². The largest absolute Gasteiger partial charge is 0.481 e. The lowest BCUT2D eigenvalue weighted by molar-refractivity contribution is -0.140. The van der Waals surface area contributed by atoms with Crippen LogP contribution in [-0.4, -0.2) is 16.1 Å². The second-order valence-corrected chi connectivity index (χ2v) is 4.16. The Labute approximate surface area is 86.7 Å². The smallest absolute Gasteiger partial charge is 0.315 e. The van der Waals surface area contributed by atoms with Crippen molar-refractivity contribution < 1.29 is 9.90 Å². The number of fused-ring (bicyclic) bond motifs is 1. The summed E-state index contributed by atoms with van der Waals surface area (Å²) in [5.74, 6) is -0.714. The molecule has 1 aliphatic rings. The van der Waals surface area contributed by atoms with E-state index in [-0.39, 0.29) is 0 Å². The van der Waals surface area contributed by atoms with Crippen LogP contribution in [0.2, 0.25) is 0 Å². The van der Waals surface area contributed by atoms with E-state index in [4.69, 9.17) is 5.11 Å². The third-order valence-corrected chi connectivity index (χ3v) is 3.20. The summed E-state index contributed by atoms with van der Waals surface area (Å²) < 4.78 is 0. The van der Waals surface area contributed by atoms with Crippen molar-refractivity contribution >= 4 is 16.9 Å².